The van der Waals surface area contributed by atoms with E-state index in [1.54, 1.807) is 24.4 Å². The molecular formula is C17H13N3O3. The van der Waals surface area contributed by atoms with E-state index in [4.69, 9.17) is 5.11 Å². The number of carbonyl (C=O) groups excluding carboxylic acids is 1. The number of anilines is 2. The van der Waals surface area contributed by atoms with Crippen LogP contribution in [0.2, 0.25) is 0 Å². The van der Waals surface area contributed by atoms with Crippen LogP contribution in [0.15, 0.2) is 60.8 Å². The molecule has 0 saturated heterocycles. The second kappa shape index (κ2) is 6.15. The fourth-order valence-electron chi connectivity index (χ4n) is 2.23. The number of carbonyl (C=O) groups is 2. The third kappa shape index (κ3) is 3.26. The van der Waals surface area contributed by atoms with E-state index in [1.807, 2.05) is 24.3 Å². The number of nitrogens with one attached hydrogen (secondary N) is 2. The van der Waals surface area contributed by atoms with E-state index in [2.05, 4.69) is 15.6 Å². The number of hydrogen-bond donors (Lipinski definition) is 3. The molecule has 0 aliphatic heterocycles. The van der Waals surface area contributed by atoms with E-state index in [1.165, 1.54) is 12.1 Å². The maximum atomic E-state index is 12.3. The molecule has 0 saturated carbocycles. The number of rotatable bonds is 3. The summed E-state index contributed by atoms with van der Waals surface area (Å²) >= 11 is 0. The molecule has 0 atom stereocenters. The number of para-hydroxylation sites is 1. The molecule has 3 aromatic rings. The van der Waals surface area contributed by atoms with E-state index < -0.39 is 6.09 Å². The SMILES string of the molecule is O=C(O)Nc1ccc(C(=O)Nc2cccc3cccnc23)cc1. The van der Waals surface area contributed by atoms with Gasteiger partial charge in [-0.25, -0.2) is 4.79 Å². The van der Waals surface area contributed by atoms with Gasteiger partial charge in [0.2, 0.25) is 0 Å². The number of aromatic nitrogens is 1. The monoisotopic (exact) mass is 307 g/mol. The van der Waals surface area contributed by atoms with Crippen LogP contribution in [-0.2, 0) is 0 Å². The van der Waals surface area contributed by atoms with Gasteiger partial charge in [0, 0.05) is 22.8 Å². The zero-order valence-electron chi connectivity index (χ0n) is 12.0. The highest BCUT2D eigenvalue weighted by Crippen LogP contribution is 2.21. The first kappa shape index (κ1) is 14.5. The van der Waals surface area contributed by atoms with Gasteiger partial charge in [0.25, 0.3) is 5.91 Å². The predicted octanol–water partition coefficient (Wildman–Crippen LogP) is 3.58. The van der Waals surface area contributed by atoms with Gasteiger partial charge < -0.3 is 10.4 Å². The lowest BCUT2D eigenvalue weighted by atomic mass is 10.1. The largest absolute Gasteiger partial charge is 0.465 e. The van der Waals surface area contributed by atoms with Gasteiger partial charge >= 0.3 is 6.09 Å². The molecule has 0 fully saturated rings. The molecule has 2 amide bonds. The highest BCUT2D eigenvalue weighted by atomic mass is 16.4. The Morgan fingerprint density at radius 2 is 1.65 bits per heavy atom. The molecule has 3 N–H and O–H groups in total. The first-order chi connectivity index (χ1) is 11.1. The van der Waals surface area contributed by atoms with Crippen molar-refractivity contribution >= 4 is 34.3 Å². The van der Waals surface area contributed by atoms with E-state index in [9.17, 15) is 9.59 Å². The molecule has 3 rings (SSSR count). The highest BCUT2D eigenvalue weighted by Gasteiger charge is 2.09. The number of nitrogens with zero attached hydrogens (tertiary/aromatic N) is 1. The number of carboxylic acid groups (broad SMARTS) is 1. The number of benzene rings is 2. The predicted molar refractivity (Wildman–Crippen MR) is 87.8 cm³/mol. The first-order valence-electron chi connectivity index (χ1n) is 6.88. The van der Waals surface area contributed by atoms with Crippen LogP contribution in [0.5, 0.6) is 0 Å². The molecule has 6 heteroatoms. The highest BCUT2D eigenvalue weighted by molar-refractivity contribution is 6.08. The lowest BCUT2D eigenvalue weighted by molar-refractivity contribution is 0.102. The van der Waals surface area contributed by atoms with E-state index in [0.29, 0.717) is 22.5 Å². The van der Waals surface area contributed by atoms with Gasteiger partial charge in [0.1, 0.15) is 0 Å². The summed E-state index contributed by atoms with van der Waals surface area (Å²) in [6, 6.07) is 15.5. The van der Waals surface area contributed by atoms with E-state index in [-0.39, 0.29) is 5.91 Å². The Bertz CT molecular complexity index is 870. The Balaban J connectivity index is 1.82. The van der Waals surface area contributed by atoms with Gasteiger partial charge in [-0.1, -0.05) is 18.2 Å². The lowest BCUT2D eigenvalue weighted by Crippen LogP contribution is -2.13. The Hall–Kier alpha value is -3.41. The van der Waals surface area contributed by atoms with Crippen molar-refractivity contribution in [2.75, 3.05) is 10.6 Å². The molecule has 114 valence electrons. The van der Waals surface area contributed by atoms with Crippen molar-refractivity contribution in [1.82, 2.24) is 4.98 Å². The second-order valence-corrected chi connectivity index (χ2v) is 4.84. The maximum absolute atomic E-state index is 12.3. The van der Waals surface area contributed by atoms with Crippen molar-refractivity contribution in [3.63, 3.8) is 0 Å². The standard InChI is InChI=1S/C17H13N3O3/c21-16(12-6-8-13(9-7-12)19-17(22)23)20-14-5-1-3-11-4-2-10-18-15(11)14/h1-10,19H,(H,20,21)(H,22,23). The summed E-state index contributed by atoms with van der Waals surface area (Å²) in [5.41, 5.74) is 2.17. The van der Waals surface area contributed by atoms with E-state index >= 15 is 0 Å². The molecule has 0 aliphatic rings. The van der Waals surface area contributed by atoms with Gasteiger partial charge in [-0.2, -0.15) is 0 Å². The maximum Gasteiger partial charge on any atom is 0.409 e. The smallest absolute Gasteiger partial charge is 0.409 e. The van der Waals surface area contributed by atoms with Crippen LogP contribution in [0.3, 0.4) is 0 Å². The zero-order valence-corrected chi connectivity index (χ0v) is 12.0. The first-order valence-corrected chi connectivity index (χ1v) is 6.88. The number of amides is 2. The van der Waals surface area contributed by atoms with Crippen molar-refractivity contribution in [3.8, 4) is 0 Å². The molecule has 0 spiro atoms. The van der Waals surface area contributed by atoms with Crippen LogP contribution in [0.4, 0.5) is 16.2 Å². The average Bonchev–Trinajstić information content (AvgIpc) is 2.55. The quantitative estimate of drug-likeness (QED) is 0.689. The lowest BCUT2D eigenvalue weighted by Gasteiger charge is -2.08. The van der Waals surface area contributed by atoms with Crippen molar-refractivity contribution < 1.29 is 14.7 Å². The molecule has 0 bridgehead atoms. The summed E-state index contributed by atoms with van der Waals surface area (Å²) in [6.07, 6.45) is 0.522. The zero-order chi connectivity index (χ0) is 16.2. The molecule has 23 heavy (non-hydrogen) atoms. The van der Waals surface area contributed by atoms with Crippen molar-refractivity contribution in [2.45, 2.75) is 0 Å². The fraction of sp³-hybridized carbons (Fsp3) is 0. The molecule has 0 radical (unpaired) electrons. The van der Waals surface area contributed by atoms with Crippen LogP contribution in [-0.4, -0.2) is 22.1 Å². The summed E-state index contributed by atoms with van der Waals surface area (Å²) in [7, 11) is 0. The summed E-state index contributed by atoms with van der Waals surface area (Å²) < 4.78 is 0. The Morgan fingerprint density at radius 3 is 2.39 bits per heavy atom. The Labute approximate surface area is 131 Å². The summed E-state index contributed by atoms with van der Waals surface area (Å²) in [4.78, 5) is 27.2. The summed E-state index contributed by atoms with van der Waals surface area (Å²) in [5, 5.41) is 14.6. The summed E-state index contributed by atoms with van der Waals surface area (Å²) in [5.74, 6) is -0.287. The van der Waals surface area contributed by atoms with Gasteiger partial charge in [-0.05, 0) is 36.4 Å². The minimum Gasteiger partial charge on any atom is -0.465 e. The molecule has 2 aromatic carbocycles. The third-order valence-corrected chi connectivity index (χ3v) is 3.28. The van der Waals surface area contributed by atoms with Crippen molar-refractivity contribution in [1.29, 1.82) is 0 Å². The number of fused-ring (bicyclic) bond motifs is 1. The minimum atomic E-state index is -1.15. The molecule has 1 heterocycles. The van der Waals surface area contributed by atoms with E-state index in [0.717, 1.165) is 5.39 Å². The third-order valence-electron chi connectivity index (χ3n) is 3.28. The van der Waals surface area contributed by atoms with Crippen LogP contribution in [0, 0.1) is 0 Å². The van der Waals surface area contributed by atoms with Crippen molar-refractivity contribution in [2.24, 2.45) is 0 Å². The van der Waals surface area contributed by atoms with Crippen LogP contribution in [0.25, 0.3) is 10.9 Å². The molecule has 1 aromatic heterocycles. The van der Waals surface area contributed by atoms with Gasteiger partial charge in [-0.15, -0.1) is 0 Å². The second-order valence-electron chi connectivity index (χ2n) is 4.84. The number of hydrogen-bond acceptors (Lipinski definition) is 3. The Kier molecular flexibility index (Phi) is 3.88. The topological polar surface area (TPSA) is 91.3 Å². The normalized spacial score (nSPS) is 10.3. The average molecular weight is 307 g/mol. The minimum absolute atomic E-state index is 0.287. The van der Waals surface area contributed by atoms with Crippen molar-refractivity contribution in [3.05, 3.63) is 66.4 Å². The molecule has 6 nitrogen and oxygen atoms in total. The fourth-order valence-corrected chi connectivity index (χ4v) is 2.23. The molecule has 0 aliphatic carbocycles. The van der Waals surface area contributed by atoms with Crippen LogP contribution >= 0.6 is 0 Å². The summed E-state index contributed by atoms with van der Waals surface area (Å²) in [6.45, 7) is 0. The van der Waals surface area contributed by atoms with Gasteiger partial charge in [-0.3, -0.25) is 15.1 Å². The Morgan fingerprint density at radius 1 is 0.913 bits per heavy atom. The number of pyridine rings is 1. The molecular weight excluding hydrogens is 294 g/mol. The van der Waals surface area contributed by atoms with Gasteiger partial charge in [0.15, 0.2) is 0 Å². The van der Waals surface area contributed by atoms with Gasteiger partial charge in [0.05, 0.1) is 11.2 Å². The van der Waals surface area contributed by atoms with Crippen LogP contribution in [0.1, 0.15) is 10.4 Å². The van der Waals surface area contributed by atoms with Crippen LogP contribution < -0.4 is 10.6 Å². The molecule has 0 unspecified atom stereocenters.